The molecule has 0 amide bonds. The molecule has 0 aliphatic carbocycles. The summed E-state index contributed by atoms with van der Waals surface area (Å²) in [6.45, 7) is 8.99. The monoisotopic (exact) mass is 625 g/mol. The van der Waals surface area contributed by atoms with E-state index < -0.39 is 0 Å². The zero-order chi connectivity index (χ0) is 26.5. The van der Waals surface area contributed by atoms with Crippen LogP contribution in [0.4, 0.5) is 0 Å². The predicted molar refractivity (Wildman–Crippen MR) is 156 cm³/mol. The third-order valence-electron chi connectivity index (χ3n) is 6.01. The highest BCUT2D eigenvalue weighted by molar-refractivity contribution is 9.10. The zero-order valence-corrected chi connectivity index (χ0v) is 24.5. The molecule has 1 atom stereocenters. The Labute approximate surface area is 233 Å². The average molecular weight is 627 g/mol. The molecule has 0 N–H and O–H groups in total. The van der Waals surface area contributed by atoms with Crippen LogP contribution in [-0.2, 0) is 6.61 Å². The summed E-state index contributed by atoms with van der Waals surface area (Å²) in [5.74, 6) is 1.90. The molecule has 0 radical (unpaired) electrons. The second kappa shape index (κ2) is 12.0. The molecule has 192 valence electrons. The van der Waals surface area contributed by atoms with Gasteiger partial charge in [-0.15, -0.1) is 0 Å². The van der Waals surface area contributed by atoms with Crippen molar-refractivity contribution in [2.24, 2.45) is 5.10 Å². The summed E-state index contributed by atoms with van der Waals surface area (Å²) in [6.07, 6.45) is 2.48. The maximum absolute atomic E-state index is 13.4. The molecule has 6 nitrogen and oxygen atoms in total. The van der Waals surface area contributed by atoms with Crippen molar-refractivity contribution in [3.63, 3.8) is 0 Å². The number of ether oxygens (including phenoxy) is 2. The summed E-state index contributed by atoms with van der Waals surface area (Å²) < 4.78 is 15.0. The topological polar surface area (TPSA) is 65.7 Å². The quantitative estimate of drug-likeness (QED) is 0.179. The van der Waals surface area contributed by atoms with Crippen molar-refractivity contribution in [1.82, 2.24) is 9.66 Å². The molecule has 0 fully saturated rings. The van der Waals surface area contributed by atoms with Crippen molar-refractivity contribution in [2.75, 3.05) is 6.61 Å². The van der Waals surface area contributed by atoms with Gasteiger partial charge in [0.05, 0.1) is 28.2 Å². The van der Waals surface area contributed by atoms with Gasteiger partial charge < -0.3 is 9.47 Å². The van der Waals surface area contributed by atoms with Crippen LogP contribution in [0.1, 0.15) is 55.6 Å². The van der Waals surface area contributed by atoms with Crippen LogP contribution in [0.2, 0.25) is 0 Å². The molecule has 37 heavy (non-hydrogen) atoms. The molecule has 0 unspecified atom stereocenters. The summed E-state index contributed by atoms with van der Waals surface area (Å²) in [5, 5.41) is 5.09. The highest BCUT2D eigenvalue weighted by Crippen LogP contribution is 2.37. The van der Waals surface area contributed by atoms with E-state index in [1.807, 2.05) is 50.2 Å². The molecule has 3 aromatic carbocycles. The van der Waals surface area contributed by atoms with Crippen molar-refractivity contribution in [3.05, 3.63) is 96.4 Å². The number of nitrogens with zero attached hydrogens (tertiary/aromatic N) is 3. The number of aromatic nitrogens is 2. The number of rotatable bonds is 9. The molecule has 1 aromatic heterocycles. The van der Waals surface area contributed by atoms with Crippen LogP contribution in [-0.4, -0.2) is 22.5 Å². The Morgan fingerprint density at radius 2 is 1.89 bits per heavy atom. The second-order valence-corrected chi connectivity index (χ2v) is 10.6. The van der Waals surface area contributed by atoms with E-state index in [2.05, 4.69) is 62.9 Å². The molecule has 4 rings (SSSR count). The Morgan fingerprint density at radius 1 is 1.08 bits per heavy atom. The molecule has 0 aliphatic heterocycles. The Bertz CT molecular complexity index is 1510. The Morgan fingerprint density at radius 3 is 2.62 bits per heavy atom. The van der Waals surface area contributed by atoms with E-state index in [1.54, 1.807) is 12.3 Å². The van der Waals surface area contributed by atoms with Gasteiger partial charge in [-0.2, -0.15) is 9.78 Å². The third-order valence-corrected chi connectivity index (χ3v) is 7.09. The van der Waals surface area contributed by atoms with Gasteiger partial charge in [-0.3, -0.25) is 4.79 Å². The van der Waals surface area contributed by atoms with Crippen LogP contribution < -0.4 is 15.0 Å². The first kappa shape index (κ1) is 27.1. The number of benzene rings is 3. The standard InChI is InChI=1S/C29H29Br2N3O3/c1-5-19(4)28-33-25-11-10-22(30)15-23(25)29(35)34(28)32-16-21-13-24(31)27(26(14-21)36-6-2)37-17-20-9-7-8-18(3)12-20/h7-16,19H,5-6,17H2,1-4H3/t19-/m0/s1. The summed E-state index contributed by atoms with van der Waals surface area (Å²) in [5.41, 5.74) is 3.47. The van der Waals surface area contributed by atoms with E-state index in [9.17, 15) is 4.79 Å². The van der Waals surface area contributed by atoms with Crippen LogP contribution in [0.5, 0.6) is 11.5 Å². The van der Waals surface area contributed by atoms with Crippen LogP contribution in [0, 0.1) is 6.92 Å². The van der Waals surface area contributed by atoms with Crippen molar-refractivity contribution in [2.45, 2.75) is 46.6 Å². The molecule has 0 spiro atoms. The summed E-state index contributed by atoms with van der Waals surface area (Å²) >= 11 is 7.08. The second-order valence-electron chi connectivity index (χ2n) is 8.84. The van der Waals surface area contributed by atoms with Crippen LogP contribution in [0.25, 0.3) is 10.9 Å². The van der Waals surface area contributed by atoms with E-state index in [4.69, 9.17) is 14.5 Å². The molecule has 0 saturated heterocycles. The highest BCUT2D eigenvalue weighted by atomic mass is 79.9. The minimum absolute atomic E-state index is 0.0565. The molecular formula is C29H29Br2N3O3. The molecule has 4 aromatic rings. The predicted octanol–water partition coefficient (Wildman–Crippen LogP) is 7.60. The fourth-order valence-corrected chi connectivity index (χ4v) is 4.86. The number of halogens is 2. The van der Waals surface area contributed by atoms with Crippen LogP contribution in [0.15, 0.2) is 73.4 Å². The Balaban J connectivity index is 1.71. The maximum Gasteiger partial charge on any atom is 0.282 e. The lowest BCUT2D eigenvalue weighted by molar-refractivity contribution is 0.267. The van der Waals surface area contributed by atoms with Gasteiger partial charge in [0.25, 0.3) is 5.56 Å². The maximum atomic E-state index is 13.4. The molecule has 0 aliphatic rings. The average Bonchev–Trinajstić information content (AvgIpc) is 2.87. The van der Waals surface area contributed by atoms with Crippen LogP contribution >= 0.6 is 31.9 Å². The minimum Gasteiger partial charge on any atom is -0.490 e. The lowest BCUT2D eigenvalue weighted by atomic mass is 10.1. The fraction of sp³-hybridized carbons (Fsp3) is 0.276. The SMILES string of the molecule is CCOc1cc(C=Nn2c([C@@H](C)CC)nc3ccc(Br)cc3c2=O)cc(Br)c1OCc1cccc(C)c1. The number of aryl methyl sites for hydroxylation is 1. The number of hydrogen-bond acceptors (Lipinski definition) is 5. The van der Waals surface area contributed by atoms with E-state index in [1.165, 1.54) is 10.2 Å². The normalized spacial score (nSPS) is 12.3. The number of fused-ring (bicyclic) bond motifs is 1. The largest absolute Gasteiger partial charge is 0.490 e. The first-order valence-electron chi connectivity index (χ1n) is 12.2. The molecule has 0 bridgehead atoms. The van der Waals surface area contributed by atoms with Gasteiger partial charge in [-0.05, 0) is 77.7 Å². The highest BCUT2D eigenvalue weighted by Gasteiger charge is 2.16. The van der Waals surface area contributed by atoms with Gasteiger partial charge in [-0.1, -0.05) is 59.6 Å². The molecule has 8 heteroatoms. The van der Waals surface area contributed by atoms with Gasteiger partial charge in [-0.25, -0.2) is 4.98 Å². The zero-order valence-electron chi connectivity index (χ0n) is 21.3. The van der Waals surface area contributed by atoms with Crippen molar-refractivity contribution in [1.29, 1.82) is 0 Å². The van der Waals surface area contributed by atoms with Gasteiger partial charge in [0.1, 0.15) is 12.4 Å². The number of hydrogen-bond donors (Lipinski definition) is 0. The van der Waals surface area contributed by atoms with E-state index >= 15 is 0 Å². The van der Waals surface area contributed by atoms with E-state index in [0.29, 0.717) is 41.4 Å². The summed E-state index contributed by atoms with van der Waals surface area (Å²) in [4.78, 5) is 18.2. The van der Waals surface area contributed by atoms with E-state index in [0.717, 1.165) is 26.5 Å². The van der Waals surface area contributed by atoms with Gasteiger partial charge >= 0.3 is 0 Å². The van der Waals surface area contributed by atoms with E-state index in [-0.39, 0.29) is 11.5 Å². The smallest absolute Gasteiger partial charge is 0.282 e. The summed E-state index contributed by atoms with van der Waals surface area (Å²) in [6, 6.07) is 17.5. The fourth-order valence-electron chi connectivity index (χ4n) is 3.93. The molecular weight excluding hydrogens is 598 g/mol. The van der Waals surface area contributed by atoms with Gasteiger partial charge in [0, 0.05) is 10.4 Å². The molecule has 0 saturated carbocycles. The van der Waals surface area contributed by atoms with Crippen LogP contribution in [0.3, 0.4) is 0 Å². The first-order valence-corrected chi connectivity index (χ1v) is 13.8. The molecule has 1 heterocycles. The summed E-state index contributed by atoms with van der Waals surface area (Å²) in [7, 11) is 0. The van der Waals surface area contributed by atoms with Gasteiger partial charge in [0.15, 0.2) is 11.5 Å². The third kappa shape index (κ3) is 6.30. The first-order chi connectivity index (χ1) is 17.8. The lowest BCUT2D eigenvalue weighted by Crippen LogP contribution is -2.23. The van der Waals surface area contributed by atoms with Gasteiger partial charge in [0.2, 0.25) is 0 Å². The minimum atomic E-state index is -0.208. The van der Waals surface area contributed by atoms with Crippen molar-refractivity contribution < 1.29 is 9.47 Å². The Kier molecular flexibility index (Phi) is 8.82. The lowest BCUT2D eigenvalue weighted by Gasteiger charge is -2.15. The van der Waals surface area contributed by atoms with Crippen molar-refractivity contribution >= 4 is 49.0 Å². The Hall–Kier alpha value is -2.97. The van der Waals surface area contributed by atoms with Crippen molar-refractivity contribution in [3.8, 4) is 11.5 Å².